The van der Waals surface area contributed by atoms with E-state index in [9.17, 15) is 9.90 Å². The molecule has 0 radical (unpaired) electrons. The lowest BCUT2D eigenvalue weighted by molar-refractivity contribution is -0.152. The van der Waals surface area contributed by atoms with Gasteiger partial charge in [0.05, 0.1) is 0 Å². The minimum atomic E-state index is -0.564. The quantitative estimate of drug-likeness (QED) is 0.834. The van der Waals surface area contributed by atoms with Crippen molar-refractivity contribution in [2.75, 3.05) is 6.54 Å². The van der Waals surface area contributed by atoms with Gasteiger partial charge in [0.1, 0.15) is 5.54 Å². The van der Waals surface area contributed by atoms with Crippen molar-refractivity contribution in [3.8, 4) is 0 Å². The highest BCUT2D eigenvalue weighted by Gasteiger charge is 2.50. The van der Waals surface area contributed by atoms with Crippen molar-refractivity contribution in [1.82, 2.24) is 4.90 Å². The molecule has 3 heteroatoms. The van der Waals surface area contributed by atoms with Crippen LogP contribution in [-0.2, 0) is 4.79 Å². The van der Waals surface area contributed by atoms with Gasteiger partial charge in [0.25, 0.3) is 0 Å². The Bertz CT molecular complexity index is 366. The van der Waals surface area contributed by atoms with E-state index in [0.29, 0.717) is 6.04 Å². The molecule has 0 aromatic rings. The lowest BCUT2D eigenvalue weighted by Gasteiger charge is -2.43. The van der Waals surface area contributed by atoms with Gasteiger partial charge in [-0.1, -0.05) is 26.2 Å². The number of hydrogen-bond acceptors (Lipinski definition) is 2. The summed E-state index contributed by atoms with van der Waals surface area (Å²) in [4.78, 5) is 14.4. The second-order valence-electron chi connectivity index (χ2n) is 7.30. The molecule has 1 N–H and O–H groups in total. The van der Waals surface area contributed by atoms with Gasteiger partial charge in [-0.05, 0) is 63.3 Å². The first kappa shape index (κ1) is 14.4. The van der Waals surface area contributed by atoms with E-state index in [1.165, 1.54) is 38.5 Å². The molecule has 3 nitrogen and oxygen atoms in total. The fourth-order valence-corrected chi connectivity index (χ4v) is 4.93. The molecule has 0 aromatic carbocycles. The van der Waals surface area contributed by atoms with Gasteiger partial charge in [0, 0.05) is 6.04 Å². The minimum absolute atomic E-state index is 0.537. The summed E-state index contributed by atoms with van der Waals surface area (Å²) in [5.41, 5.74) is -0.537. The van der Waals surface area contributed by atoms with Crippen molar-refractivity contribution in [2.24, 2.45) is 11.8 Å². The molecule has 3 aliphatic rings. The minimum Gasteiger partial charge on any atom is -0.480 e. The van der Waals surface area contributed by atoms with Crippen LogP contribution in [0.15, 0.2) is 0 Å². The van der Waals surface area contributed by atoms with E-state index < -0.39 is 11.5 Å². The van der Waals surface area contributed by atoms with Gasteiger partial charge in [-0.25, -0.2) is 0 Å². The van der Waals surface area contributed by atoms with Crippen LogP contribution in [0.1, 0.15) is 71.1 Å². The molecule has 3 unspecified atom stereocenters. The average Bonchev–Trinajstić information content (AvgIpc) is 3.20. The molecule has 0 aromatic heterocycles. The summed E-state index contributed by atoms with van der Waals surface area (Å²) in [5.74, 6) is 1.30. The fourth-order valence-electron chi connectivity index (χ4n) is 4.93. The van der Waals surface area contributed by atoms with Crippen molar-refractivity contribution in [3.05, 3.63) is 0 Å². The van der Waals surface area contributed by atoms with Crippen LogP contribution in [0.5, 0.6) is 0 Å². The molecule has 3 atom stereocenters. The molecule has 2 saturated carbocycles. The zero-order valence-electron chi connectivity index (χ0n) is 12.8. The number of likely N-dealkylation sites (tertiary alicyclic amines) is 1. The Morgan fingerprint density at radius 1 is 1.20 bits per heavy atom. The highest BCUT2D eigenvalue weighted by atomic mass is 16.4. The monoisotopic (exact) mass is 279 g/mol. The Hall–Kier alpha value is -0.570. The number of carbonyl (C=O) groups is 1. The second kappa shape index (κ2) is 5.67. The molecule has 0 spiro atoms. The van der Waals surface area contributed by atoms with Crippen molar-refractivity contribution >= 4 is 5.97 Å². The van der Waals surface area contributed by atoms with Crippen LogP contribution in [0.25, 0.3) is 0 Å². The summed E-state index contributed by atoms with van der Waals surface area (Å²) in [6.45, 7) is 3.13. The van der Waals surface area contributed by atoms with Crippen LogP contribution in [0.2, 0.25) is 0 Å². The number of carboxylic acids is 1. The van der Waals surface area contributed by atoms with E-state index in [-0.39, 0.29) is 0 Å². The first-order chi connectivity index (χ1) is 9.67. The molecule has 114 valence electrons. The van der Waals surface area contributed by atoms with Gasteiger partial charge in [-0.3, -0.25) is 9.69 Å². The SMILES string of the molecule is CCCC1(C(=O)O)CCCN1C1CCCC(C2CC2)C1. The fraction of sp³-hybridized carbons (Fsp3) is 0.941. The summed E-state index contributed by atoms with van der Waals surface area (Å²) in [5, 5.41) is 9.84. The molecular weight excluding hydrogens is 250 g/mol. The van der Waals surface area contributed by atoms with E-state index >= 15 is 0 Å². The molecule has 0 bridgehead atoms. The smallest absolute Gasteiger partial charge is 0.324 e. The third-order valence-electron chi connectivity index (χ3n) is 6.02. The van der Waals surface area contributed by atoms with Crippen molar-refractivity contribution in [1.29, 1.82) is 0 Å². The second-order valence-corrected chi connectivity index (χ2v) is 7.30. The van der Waals surface area contributed by atoms with Crippen LogP contribution in [0.3, 0.4) is 0 Å². The molecule has 2 aliphatic carbocycles. The Balaban J connectivity index is 1.74. The predicted molar refractivity (Wildman–Crippen MR) is 79.7 cm³/mol. The third-order valence-corrected chi connectivity index (χ3v) is 6.02. The zero-order valence-corrected chi connectivity index (χ0v) is 12.8. The standard InChI is InChI=1S/C17H29NO2/c1-2-9-17(16(19)20)10-4-11-18(17)15-6-3-5-14(12-15)13-7-8-13/h13-15H,2-12H2,1H3,(H,19,20). The average molecular weight is 279 g/mol. The van der Waals surface area contributed by atoms with Gasteiger partial charge >= 0.3 is 5.97 Å². The summed E-state index contributed by atoms with van der Waals surface area (Å²) < 4.78 is 0. The molecular formula is C17H29NO2. The maximum atomic E-state index is 12.0. The van der Waals surface area contributed by atoms with Crippen molar-refractivity contribution < 1.29 is 9.90 Å². The van der Waals surface area contributed by atoms with Crippen LogP contribution in [0, 0.1) is 11.8 Å². The van der Waals surface area contributed by atoms with Gasteiger partial charge < -0.3 is 5.11 Å². The topological polar surface area (TPSA) is 40.5 Å². The molecule has 1 aliphatic heterocycles. The maximum absolute atomic E-state index is 12.0. The largest absolute Gasteiger partial charge is 0.480 e. The van der Waals surface area contributed by atoms with E-state index in [0.717, 1.165) is 44.1 Å². The lowest BCUT2D eigenvalue weighted by atomic mass is 9.80. The number of rotatable bonds is 5. The number of nitrogens with zero attached hydrogens (tertiary/aromatic N) is 1. The van der Waals surface area contributed by atoms with Gasteiger partial charge in [0.15, 0.2) is 0 Å². The summed E-state index contributed by atoms with van der Waals surface area (Å²) in [6, 6.07) is 0.541. The molecule has 3 fully saturated rings. The van der Waals surface area contributed by atoms with Crippen LogP contribution in [0.4, 0.5) is 0 Å². The van der Waals surface area contributed by atoms with E-state index in [1.54, 1.807) is 0 Å². The summed E-state index contributed by atoms with van der Waals surface area (Å²) in [7, 11) is 0. The Morgan fingerprint density at radius 3 is 2.65 bits per heavy atom. The number of aliphatic carboxylic acids is 1. The highest BCUT2D eigenvalue weighted by molar-refractivity contribution is 5.79. The lowest BCUT2D eigenvalue weighted by Crippen LogP contribution is -2.55. The Morgan fingerprint density at radius 2 is 2.00 bits per heavy atom. The summed E-state index contributed by atoms with van der Waals surface area (Å²) >= 11 is 0. The van der Waals surface area contributed by atoms with E-state index in [4.69, 9.17) is 0 Å². The van der Waals surface area contributed by atoms with Gasteiger partial charge in [-0.15, -0.1) is 0 Å². The Labute approximate surface area is 122 Å². The van der Waals surface area contributed by atoms with Crippen molar-refractivity contribution in [3.63, 3.8) is 0 Å². The molecule has 1 saturated heterocycles. The van der Waals surface area contributed by atoms with Gasteiger partial charge in [-0.2, -0.15) is 0 Å². The van der Waals surface area contributed by atoms with Crippen LogP contribution in [-0.4, -0.2) is 34.1 Å². The number of hydrogen-bond donors (Lipinski definition) is 1. The first-order valence-corrected chi connectivity index (χ1v) is 8.67. The molecule has 3 rings (SSSR count). The summed E-state index contributed by atoms with van der Waals surface area (Å²) in [6.07, 6.45) is 11.8. The third kappa shape index (κ3) is 2.49. The zero-order chi connectivity index (χ0) is 14.2. The van der Waals surface area contributed by atoms with E-state index in [2.05, 4.69) is 11.8 Å². The molecule has 1 heterocycles. The molecule has 0 amide bonds. The van der Waals surface area contributed by atoms with Gasteiger partial charge in [0.2, 0.25) is 0 Å². The normalized spacial score (nSPS) is 39.0. The van der Waals surface area contributed by atoms with Crippen molar-refractivity contribution in [2.45, 2.75) is 82.7 Å². The predicted octanol–water partition coefficient (Wildman–Crippen LogP) is 3.67. The highest BCUT2D eigenvalue weighted by Crippen LogP contribution is 2.47. The Kier molecular flexibility index (Phi) is 4.07. The van der Waals surface area contributed by atoms with Crippen LogP contribution < -0.4 is 0 Å². The first-order valence-electron chi connectivity index (χ1n) is 8.67. The van der Waals surface area contributed by atoms with Crippen LogP contribution >= 0.6 is 0 Å². The maximum Gasteiger partial charge on any atom is 0.324 e. The van der Waals surface area contributed by atoms with E-state index in [1.807, 2.05) is 0 Å². The molecule has 20 heavy (non-hydrogen) atoms. The number of carboxylic acid groups (broad SMARTS) is 1.